The minimum Gasteiger partial charge on any atom is -0.373 e. The number of rotatable bonds is 3. The highest BCUT2D eigenvalue weighted by molar-refractivity contribution is 5.90. The Labute approximate surface area is 118 Å². The normalized spacial score (nSPS) is 32.9. The van der Waals surface area contributed by atoms with Gasteiger partial charge in [0.05, 0.1) is 0 Å². The van der Waals surface area contributed by atoms with Crippen molar-refractivity contribution < 1.29 is 9.53 Å². The van der Waals surface area contributed by atoms with Gasteiger partial charge in [-0.2, -0.15) is 0 Å². The van der Waals surface area contributed by atoms with Crippen molar-refractivity contribution in [2.75, 3.05) is 20.2 Å². The van der Waals surface area contributed by atoms with Crippen LogP contribution in [0, 0.1) is 11.8 Å². The van der Waals surface area contributed by atoms with Gasteiger partial charge in [0.1, 0.15) is 11.3 Å². The molecule has 3 N–H and O–H groups in total. The van der Waals surface area contributed by atoms with Crippen molar-refractivity contribution in [3.63, 3.8) is 0 Å². The van der Waals surface area contributed by atoms with E-state index in [1.54, 1.807) is 13.3 Å². The summed E-state index contributed by atoms with van der Waals surface area (Å²) in [6.45, 7) is 1.91. The third-order valence-electron chi connectivity index (χ3n) is 4.90. The zero-order valence-corrected chi connectivity index (χ0v) is 11.8. The number of ether oxygens (including phenoxy) is 1. The quantitative estimate of drug-likeness (QED) is 0.864. The fourth-order valence-corrected chi connectivity index (χ4v) is 4.04. The smallest absolute Gasteiger partial charge is 0.267 e. The summed E-state index contributed by atoms with van der Waals surface area (Å²) in [5, 5.41) is 3.50. The average molecular weight is 275 g/mol. The van der Waals surface area contributed by atoms with E-state index >= 15 is 0 Å². The van der Waals surface area contributed by atoms with Crippen LogP contribution in [0.1, 0.15) is 35.3 Å². The molecule has 5 heteroatoms. The van der Waals surface area contributed by atoms with Gasteiger partial charge < -0.3 is 15.8 Å². The van der Waals surface area contributed by atoms with E-state index in [0.29, 0.717) is 17.5 Å². The van der Waals surface area contributed by atoms with Crippen LogP contribution in [0.2, 0.25) is 0 Å². The number of carbonyl (C=O) groups is 1. The van der Waals surface area contributed by atoms with Gasteiger partial charge in [-0.1, -0.05) is 6.42 Å². The first-order chi connectivity index (χ1) is 9.68. The molecule has 2 fully saturated rings. The number of nitrogens with two attached hydrogens (primary N) is 1. The van der Waals surface area contributed by atoms with Crippen LogP contribution < -0.4 is 11.1 Å². The fourth-order valence-electron chi connectivity index (χ4n) is 4.04. The lowest BCUT2D eigenvalue weighted by Gasteiger charge is -2.52. The van der Waals surface area contributed by atoms with E-state index in [1.807, 2.05) is 12.1 Å². The number of amides is 1. The van der Waals surface area contributed by atoms with Gasteiger partial charge in [0, 0.05) is 38.2 Å². The highest BCUT2D eigenvalue weighted by Gasteiger charge is 2.51. The van der Waals surface area contributed by atoms with Crippen LogP contribution in [0.25, 0.3) is 0 Å². The molecule has 1 aliphatic heterocycles. The van der Waals surface area contributed by atoms with Gasteiger partial charge in [0.2, 0.25) is 0 Å². The minimum atomic E-state index is -0.489. The van der Waals surface area contributed by atoms with Crippen LogP contribution in [0.3, 0.4) is 0 Å². The summed E-state index contributed by atoms with van der Waals surface area (Å²) in [5.41, 5.74) is 6.41. The standard InChI is InChI=1S/C15H21N3O2/c1-20-15(10-5-6-18-13(7-10)14(16)19)11-3-2-4-12(15)9-17-8-11/h5-7,11-12,17H,2-4,8-9H2,1H3,(H2,16,19). The van der Waals surface area contributed by atoms with E-state index in [2.05, 4.69) is 10.3 Å². The van der Waals surface area contributed by atoms with Crippen LogP contribution in [0.5, 0.6) is 0 Å². The molecule has 0 radical (unpaired) electrons. The van der Waals surface area contributed by atoms with Crippen molar-refractivity contribution in [3.8, 4) is 0 Å². The molecule has 20 heavy (non-hydrogen) atoms. The second-order valence-corrected chi connectivity index (χ2v) is 5.77. The van der Waals surface area contributed by atoms with Crippen molar-refractivity contribution in [1.29, 1.82) is 0 Å². The van der Waals surface area contributed by atoms with Crippen LogP contribution in [0.4, 0.5) is 0 Å². The Hall–Kier alpha value is -1.46. The number of nitrogens with one attached hydrogen (secondary N) is 1. The summed E-state index contributed by atoms with van der Waals surface area (Å²) in [7, 11) is 1.78. The number of primary amides is 1. The maximum Gasteiger partial charge on any atom is 0.267 e. The minimum absolute atomic E-state index is 0.309. The fraction of sp³-hybridized carbons (Fsp3) is 0.600. The number of nitrogens with zero attached hydrogens (tertiary/aromatic N) is 1. The molecule has 1 saturated carbocycles. The second-order valence-electron chi connectivity index (χ2n) is 5.77. The van der Waals surface area contributed by atoms with Gasteiger partial charge in [-0.05, 0) is 30.5 Å². The molecule has 2 heterocycles. The first-order valence-electron chi connectivity index (χ1n) is 7.20. The van der Waals surface area contributed by atoms with E-state index < -0.39 is 5.91 Å². The molecule has 1 aromatic rings. The van der Waals surface area contributed by atoms with Gasteiger partial charge in [0.25, 0.3) is 5.91 Å². The number of hydrogen-bond donors (Lipinski definition) is 2. The summed E-state index contributed by atoms with van der Waals surface area (Å²) in [6.07, 6.45) is 5.20. The molecular weight excluding hydrogens is 254 g/mol. The Kier molecular flexibility index (Phi) is 3.48. The Balaban J connectivity index is 2.08. The largest absolute Gasteiger partial charge is 0.373 e. The number of aromatic nitrogens is 1. The number of pyridine rings is 1. The number of fused-ring (bicyclic) bond motifs is 2. The summed E-state index contributed by atoms with van der Waals surface area (Å²) < 4.78 is 6.05. The van der Waals surface area contributed by atoms with Gasteiger partial charge in [0.15, 0.2) is 0 Å². The van der Waals surface area contributed by atoms with E-state index in [4.69, 9.17) is 10.5 Å². The average Bonchev–Trinajstić information content (AvgIpc) is 2.46. The van der Waals surface area contributed by atoms with E-state index in [9.17, 15) is 4.79 Å². The van der Waals surface area contributed by atoms with E-state index in [-0.39, 0.29) is 5.60 Å². The maximum atomic E-state index is 11.4. The zero-order valence-electron chi connectivity index (χ0n) is 11.8. The Morgan fingerprint density at radius 2 is 2.15 bits per heavy atom. The van der Waals surface area contributed by atoms with Gasteiger partial charge >= 0.3 is 0 Å². The van der Waals surface area contributed by atoms with Crippen LogP contribution >= 0.6 is 0 Å². The monoisotopic (exact) mass is 275 g/mol. The number of carbonyl (C=O) groups excluding carboxylic acids is 1. The van der Waals surface area contributed by atoms with Crippen LogP contribution in [-0.2, 0) is 10.3 Å². The molecule has 0 spiro atoms. The maximum absolute atomic E-state index is 11.4. The third-order valence-corrected chi connectivity index (χ3v) is 4.90. The molecule has 108 valence electrons. The molecular formula is C15H21N3O2. The summed E-state index contributed by atoms with van der Waals surface area (Å²) >= 11 is 0. The number of piperidine rings is 1. The first kappa shape index (κ1) is 13.5. The van der Waals surface area contributed by atoms with Gasteiger partial charge in [-0.15, -0.1) is 0 Å². The van der Waals surface area contributed by atoms with Crippen molar-refractivity contribution in [1.82, 2.24) is 10.3 Å². The molecule has 1 amide bonds. The SMILES string of the molecule is COC1(c2ccnc(C(N)=O)c2)C2CCCC1CNC2. The van der Waals surface area contributed by atoms with Crippen molar-refractivity contribution in [3.05, 3.63) is 29.6 Å². The molecule has 2 unspecified atom stereocenters. The molecule has 2 aliphatic rings. The van der Waals surface area contributed by atoms with E-state index in [1.165, 1.54) is 6.42 Å². The van der Waals surface area contributed by atoms with Crippen molar-refractivity contribution >= 4 is 5.91 Å². The highest BCUT2D eigenvalue weighted by Crippen LogP contribution is 2.49. The second kappa shape index (κ2) is 5.14. The molecule has 5 nitrogen and oxygen atoms in total. The third kappa shape index (κ3) is 1.93. The lowest BCUT2D eigenvalue weighted by molar-refractivity contribution is -0.144. The first-order valence-corrected chi connectivity index (χ1v) is 7.20. The molecule has 2 bridgehead atoms. The Bertz CT molecular complexity index is 496. The molecule has 1 aliphatic carbocycles. The highest BCUT2D eigenvalue weighted by atomic mass is 16.5. The molecule has 0 aromatic carbocycles. The van der Waals surface area contributed by atoms with Crippen molar-refractivity contribution in [2.24, 2.45) is 17.6 Å². The van der Waals surface area contributed by atoms with E-state index in [0.717, 1.165) is 31.5 Å². The zero-order chi connectivity index (χ0) is 14.2. The number of hydrogen-bond acceptors (Lipinski definition) is 4. The van der Waals surface area contributed by atoms with Crippen LogP contribution in [0.15, 0.2) is 18.3 Å². The molecule has 2 atom stereocenters. The molecule has 3 rings (SSSR count). The summed E-state index contributed by atoms with van der Waals surface area (Å²) in [5.74, 6) is 0.378. The summed E-state index contributed by atoms with van der Waals surface area (Å²) in [4.78, 5) is 15.4. The van der Waals surface area contributed by atoms with Crippen molar-refractivity contribution in [2.45, 2.75) is 24.9 Å². The van der Waals surface area contributed by atoms with Gasteiger partial charge in [-0.25, -0.2) is 0 Å². The Morgan fingerprint density at radius 1 is 1.45 bits per heavy atom. The van der Waals surface area contributed by atoms with Crippen LogP contribution in [-0.4, -0.2) is 31.1 Å². The molecule has 1 saturated heterocycles. The van der Waals surface area contributed by atoms with Gasteiger partial charge in [-0.3, -0.25) is 9.78 Å². The predicted molar refractivity (Wildman–Crippen MR) is 75.1 cm³/mol. The summed E-state index contributed by atoms with van der Waals surface area (Å²) in [6, 6.07) is 3.77. The Morgan fingerprint density at radius 3 is 2.75 bits per heavy atom. The lowest BCUT2D eigenvalue weighted by atomic mass is 9.63. The molecule has 1 aromatic heterocycles. The lowest BCUT2D eigenvalue weighted by Crippen LogP contribution is -2.57. The predicted octanol–water partition coefficient (Wildman–Crippen LogP) is 1.04. The topological polar surface area (TPSA) is 77.2 Å². The number of methoxy groups -OCH3 is 1.